The maximum atomic E-state index is 12.0. The fraction of sp³-hybridized carbons (Fsp3) is 0.125. The van der Waals surface area contributed by atoms with Crippen molar-refractivity contribution in [2.24, 2.45) is 0 Å². The van der Waals surface area contributed by atoms with Crippen LogP contribution < -0.4 is 9.47 Å². The molecule has 0 radical (unpaired) electrons. The van der Waals surface area contributed by atoms with Gasteiger partial charge in [0.05, 0.1) is 18.2 Å². The highest BCUT2D eigenvalue weighted by atomic mass is 16.5. The zero-order chi connectivity index (χ0) is 14.5. The lowest BCUT2D eigenvalue weighted by atomic mass is 10.1. The number of ether oxygens (including phenoxy) is 2. The SMILES string of the molecule is COc1ccc(C(=O)Oc2cc(C)ccc2C=O)cc1. The van der Waals surface area contributed by atoms with Gasteiger partial charge in [0.2, 0.25) is 0 Å². The van der Waals surface area contributed by atoms with Crippen molar-refractivity contribution in [3.63, 3.8) is 0 Å². The molecule has 0 fully saturated rings. The molecule has 0 spiro atoms. The van der Waals surface area contributed by atoms with E-state index in [-0.39, 0.29) is 5.75 Å². The van der Waals surface area contributed by atoms with E-state index in [1.165, 1.54) is 0 Å². The number of hydrogen-bond acceptors (Lipinski definition) is 4. The molecule has 0 bridgehead atoms. The van der Waals surface area contributed by atoms with Crippen molar-refractivity contribution < 1.29 is 19.1 Å². The Labute approximate surface area is 116 Å². The summed E-state index contributed by atoms with van der Waals surface area (Å²) in [5.41, 5.74) is 1.65. The van der Waals surface area contributed by atoms with Crippen LogP contribution in [0.5, 0.6) is 11.5 Å². The average molecular weight is 270 g/mol. The van der Waals surface area contributed by atoms with Crippen LogP contribution in [0, 0.1) is 6.92 Å². The van der Waals surface area contributed by atoms with E-state index in [1.807, 2.05) is 6.92 Å². The summed E-state index contributed by atoms with van der Waals surface area (Å²) in [6.45, 7) is 1.86. The third-order valence-electron chi connectivity index (χ3n) is 2.82. The van der Waals surface area contributed by atoms with E-state index < -0.39 is 5.97 Å². The average Bonchev–Trinajstić information content (AvgIpc) is 2.47. The summed E-state index contributed by atoms with van der Waals surface area (Å²) in [6, 6.07) is 11.6. The molecule has 2 aromatic carbocycles. The Morgan fingerprint density at radius 3 is 2.40 bits per heavy atom. The predicted molar refractivity (Wildman–Crippen MR) is 74.5 cm³/mol. The van der Waals surface area contributed by atoms with E-state index in [0.29, 0.717) is 23.2 Å². The Kier molecular flexibility index (Phi) is 4.15. The molecule has 0 unspecified atom stereocenters. The molecule has 0 heterocycles. The van der Waals surface area contributed by atoms with E-state index >= 15 is 0 Å². The summed E-state index contributed by atoms with van der Waals surface area (Å²) in [5.74, 6) is 0.410. The van der Waals surface area contributed by atoms with Gasteiger partial charge in [-0.2, -0.15) is 0 Å². The third kappa shape index (κ3) is 3.03. The third-order valence-corrected chi connectivity index (χ3v) is 2.82. The molecule has 0 N–H and O–H groups in total. The molecule has 0 aliphatic rings. The number of aryl methyl sites for hydroxylation is 1. The zero-order valence-corrected chi connectivity index (χ0v) is 11.3. The molecule has 0 aromatic heterocycles. The lowest BCUT2D eigenvalue weighted by molar-refractivity contribution is 0.0733. The molecule has 2 aromatic rings. The molecule has 0 aliphatic heterocycles. The van der Waals surface area contributed by atoms with Gasteiger partial charge in [0, 0.05) is 0 Å². The number of hydrogen-bond donors (Lipinski definition) is 0. The maximum Gasteiger partial charge on any atom is 0.343 e. The molecule has 0 aliphatic carbocycles. The van der Waals surface area contributed by atoms with Gasteiger partial charge in [-0.05, 0) is 48.9 Å². The van der Waals surface area contributed by atoms with Crippen molar-refractivity contribution in [1.82, 2.24) is 0 Å². The molecular weight excluding hydrogens is 256 g/mol. The first-order valence-electron chi connectivity index (χ1n) is 6.06. The van der Waals surface area contributed by atoms with Gasteiger partial charge in [-0.1, -0.05) is 6.07 Å². The Morgan fingerprint density at radius 2 is 1.80 bits per heavy atom. The number of esters is 1. The van der Waals surface area contributed by atoms with E-state index in [0.717, 1.165) is 5.56 Å². The van der Waals surface area contributed by atoms with Crippen LogP contribution in [0.2, 0.25) is 0 Å². The van der Waals surface area contributed by atoms with Crippen LogP contribution in [0.1, 0.15) is 26.3 Å². The number of benzene rings is 2. The van der Waals surface area contributed by atoms with Gasteiger partial charge in [0.15, 0.2) is 6.29 Å². The summed E-state index contributed by atoms with van der Waals surface area (Å²) in [7, 11) is 1.55. The fourth-order valence-electron chi connectivity index (χ4n) is 1.71. The van der Waals surface area contributed by atoms with E-state index in [9.17, 15) is 9.59 Å². The van der Waals surface area contributed by atoms with Crippen molar-refractivity contribution in [2.75, 3.05) is 7.11 Å². The lowest BCUT2D eigenvalue weighted by Crippen LogP contribution is -2.09. The molecule has 2 rings (SSSR count). The topological polar surface area (TPSA) is 52.6 Å². The first-order chi connectivity index (χ1) is 9.63. The number of carbonyl (C=O) groups excluding carboxylic acids is 2. The number of rotatable bonds is 4. The summed E-state index contributed by atoms with van der Waals surface area (Å²) in [5, 5.41) is 0. The van der Waals surface area contributed by atoms with Crippen LogP contribution in [-0.4, -0.2) is 19.4 Å². The van der Waals surface area contributed by atoms with Gasteiger partial charge in [0.25, 0.3) is 0 Å². The highest BCUT2D eigenvalue weighted by Gasteiger charge is 2.11. The van der Waals surface area contributed by atoms with Gasteiger partial charge in [-0.3, -0.25) is 4.79 Å². The van der Waals surface area contributed by atoms with Gasteiger partial charge in [-0.15, -0.1) is 0 Å². The normalized spacial score (nSPS) is 9.90. The summed E-state index contributed by atoms with van der Waals surface area (Å²) in [6.07, 6.45) is 0.663. The monoisotopic (exact) mass is 270 g/mol. The molecule has 20 heavy (non-hydrogen) atoms. The zero-order valence-electron chi connectivity index (χ0n) is 11.3. The Morgan fingerprint density at radius 1 is 1.10 bits per heavy atom. The Hall–Kier alpha value is -2.62. The second kappa shape index (κ2) is 6.02. The summed E-state index contributed by atoms with van der Waals surface area (Å²) in [4.78, 5) is 22.9. The molecule has 0 amide bonds. The minimum Gasteiger partial charge on any atom is -0.497 e. The second-order valence-electron chi connectivity index (χ2n) is 4.28. The predicted octanol–water partition coefficient (Wildman–Crippen LogP) is 3.04. The van der Waals surface area contributed by atoms with Crippen LogP contribution in [0.4, 0.5) is 0 Å². The molecule has 0 saturated heterocycles. The van der Waals surface area contributed by atoms with E-state index in [1.54, 1.807) is 49.6 Å². The van der Waals surface area contributed by atoms with Gasteiger partial charge in [-0.25, -0.2) is 4.79 Å². The first kappa shape index (κ1) is 13.8. The summed E-state index contributed by atoms with van der Waals surface area (Å²) >= 11 is 0. The van der Waals surface area contributed by atoms with E-state index in [4.69, 9.17) is 9.47 Å². The fourth-order valence-corrected chi connectivity index (χ4v) is 1.71. The largest absolute Gasteiger partial charge is 0.497 e. The van der Waals surface area contributed by atoms with Crippen LogP contribution in [-0.2, 0) is 0 Å². The quantitative estimate of drug-likeness (QED) is 0.487. The molecule has 0 saturated carbocycles. The molecule has 0 atom stereocenters. The van der Waals surface area contributed by atoms with E-state index in [2.05, 4.69) is 0 Å². The highest BCUT2D eigenvalue weighted by Crippen LogP contribution is 2.20. The van der Waals surface area contributed by atoms with Gasteiger partial charge in [0.1, 0.15) is 11.5 Å². The number of aldehydes is 1. The van der Waals surface area contributed by atoms with Crippen molar-refractivity contribution in [1.29, 1.82) is 0 Å². The molecular formula is C16H14O4. The smallest absolute Gasteiger partial charge is 0.343 e. The Bertz CT molecular complexity index is 629. The van der Waals surface area contributed by atoms with Crippen molar-refractivity contribution in [2.45, 2.75) is 6.92 Å². The van der Waals surface area contributed by atoms with Crippen LogP contribution in [0.3, 0.4) is 0 Å². The molecule has 102 valence electrons. The number of methoxy groups -OCH3 is 1. The minimum absolute atomic E-state index is 0.265. The standard InChI is InChI=1S/C16H14O4/c1-11-3-4-13(10-17)15(9-11)20-16(18)12-5-7-14(19-2)8-6-12/h3-10H,1-2H3. The maximum absolute atomic E-state index is 12.0. The Balaban J connectivity index is 2.22. The molecule has 4 nitrogen and oxygen atoms in total. The lowest BCUT2D eigenvalue weighted by Gasteiger charge is -2.08. The second-order valence-corrected chi connectivity index (χ2v) is 4.28. The van der Waals surface area contributed by atoms with Crippen molar-refractivity contribution >= 4 is 12.3 Å². The highest BCUT2D eigenvalue weighted by molar-refractivity contribution is 5.92. The minimum atomic E-state index is -0.513. The van der Waals surface area contributed by atoms with Crippen LogP contribution >= 0.6 is 0 Å². The number of carbonyl (C=O) groups is 2. The summed E-state index contributed by atoms with van der Waals surface area (Å²) < 4.78 is 10.3. The van der Waals surface area contributed by atoms with Crippen molar-refractivity contribution in [3.05, 3.63) is 59.2 Å². The van der Waals surface area contributed by atoms with Crippen LogP contribution in [0.15, 0.2) is 42.5 Å². The molecule has 4 heteroatoms. The van der Waals surface area contributed by atoms with Gasteiger partial charge < -0.3 is 9.47 Å². The first-order valence-corrected chi connectivity index (χ1v) is 6.06. The van der Waals surface area contributed by atoms with Gasteiger partial charge >= 0.3 is 5.97 Å². The van der Waals surface area contributed by atoms with Crippen LogP contribution in [0.25, 0.3) is 0 Å². The van der Waals surface area contributed by atoms with Crippen molar-refractivity contribution in [3.8, 4) is 11.5 Å².